The average Bonchev–Trinajstić information content (AvgIpc) is 2.35. The maximum atomic E-state index is 11.2. The van der Waals surface area contributed by atoms with Gasteiger partial charge in [0.25, 0.3) is 4.87 Å². The number of aliphatic carboxylic acids is 2. The summed E-state index contributed by atoms with van der Waals surface area (Å²) in [6.45, 7) is 3.77. The van der Waals surface area contributed by atoms with Gasteiger partial charge in [-0.3, -0.25) is 0 Å². The van der Waals surface area contributed by atoms with Crippen LogP contribution in [-0.4, -0.2) is 22.2 Å². The van der Waals surface area contributed by atoms with Crippen LogP contribution in [0.1, 0.15) is 30.5 Å². The van der Waals surface area contributed by atoms with Gasteiger partial charge in [0.1, 0.15) is 0 Å². The quantitative estimate of drug-likeness (QED) is 0.636. The van der Waals surface area contributed by atoms with E-state index in [9.17, 15) is 9.59 Å². The molecule has 0 amide bonds. The van der Waals surface area contributed by atoms with E-state index in [0.717, 1.165) is 5.56 Å². The molecule has 4 nitrogen and oxygen atoms in total. The Morgan fingerprint density at radius 1 is 1.17 bits per heavy atom. The molecular formula is C13H15ClO4. The number of carbonyl (C=O) groups is 2. The second-order valence-electron chi connectivity index (χ2n) is 3.92. The fourth-order valence-electron chi connectivity index (χ4n) is 2.03. The van der Waals surface area contributed by atoms with Gasteiger partial charge in [-0.15, -0.1) is 0 Å². The predicted molar refractivity (Wildman–Crippen MR) is 68.0 cm³/mol. The van der Waals surface area contributed by atoms with Gasteiger partial charge in [-0.25, -0.2) is 9.59 Å². The number of halogens is 1. The molecule has 5 heteroatoms. The molecule has 0 radical (unpaired) electrons. The van der Waals surface area contributed by atoms with Gasteiger partial charge >= 0.3 is 11.9 Å². The fourth-order valence-corrected chi connectivity index (χ4v) is 2.21. The van der Waals surface area contributed by atoms with E-state index in [2.05, 4.69) is 0 Å². The number of carboxylic acids is 2. The van der Waals surface area contributed by atoms with Crippen molar-refractivity contribution in [3.8, 4) is 0 Å². The SMILES string of the molecule is CCc1cccc(C(Cl)(C(=O)O)C(=O)O)c1CC. The summed E-state index contributed by atoms with van der Waals surface area (Å²) < 4.78 is 0. The Balaban J connectivity index is 3.57. The van der Waals surface area contributed by atoms with Gasteiger partial charge in [0.2, 0.25) is 0 Å². The highest BCUT2D eigenvalue weighted by Gasteiger charge is 2.48. The Hall–Kier alpha value is -1.55. The van der Waals surface area contributed by atoms with E-state index in [1.165, 1.54) is 6.07 Å². The summed E-state index contributed by atoms with van der Waals surface area (Å²) in [6, 6.07) is 4.95. The summed E-state index contributed by atoms with van der Waals surface area (Å²) in [6.07, 6.45) is 1.23. The summed E-state index contributed by atoms with van der Waals surface area (Å²) in [5, 5.41) is 18.3. The highest BCUT2D eigenvalue weighted by molar-refractivity contribution is 6.44. The largest absolute Gasteiger partial charge is 0.479 e. The van der Waals surface area contributed by atoms with Crippen LogP contribution in [0.4, 0.5) is 0 Å². The number of carboxylic acid groups (broad SMARTS) is 2. The van der Waals surface area contributed by atoms with E-state index in [1.54, 1.807) is 6.07 Å². The standard InChI is InChI=1S/C13H15ClO4/c1-3-8-6-5-7-10(9(8)4-2)13(14,11(15)16)12(17)18/h5-7H,3-4H2,1-2H3,(H,15,16)(H,17,18). The molecule has 0 bridgehead atoms. The van der Waals surface area contributed by atoms with Gasteiger partial charge < -0.3 is 10.2 Å². The van der Waals surface area contributed by atoms with Crippen molar-refractivity contribution in [2.24, 2.45) is 0 Å². The van der Waals surface area contributed by atoms with Crippen LogP contribution in [0.25, 0.3) is 0 Å². The lowest BCUT2D eigenvalue weighted by Gasteiger charge is -2.22. The number of hydrogen-bond acceptors (Lipinski definition) is 2. The first-order valence-electron chi connectivity index (χ1n) is 5.66. The van der Waals surface area contributed by atoms with Crippen LogP contribution < -0.4 is 0 Å². The molecule has 0 heterocycles. The maximum Gasteiger partial charge on any atom is 0.341 e. The third kappa shape index (κ3) is 2.20. The van der Waals surface area contributed by atoms with E-state index >= 15 is 0 Å². The minimum atomic E-state index is -2.42. The van der Waals surface area contributed by atoms with Crippen LogP contribution in [0.5, 0.6) is 0 Å². The molecule has 0 aliphatic heterocycles. The van der Waals surface area contributed by atoms with E-state index < -0.39 is 16.8 Å². The van der Waals surface area contributed by atoms with Crippen molar-refractivity contribution in [1.82, 2.24) is 0 Å². The Labute approximate surface area is 110 Å². The lowest BCUT2D eigenvalue weighted by molar-refractivity contribution is -0.152. The summed E-state index contributed by atoms with van der Waals surface area (Å²) in [4.78, 5) is 20.0. The zero-order valence-corrected chi connectivity index (χ0v) is 11.0. The molecule has 0 saturated heterocycles. The molecule has 0 spiro atoms. The number of rotatable bonds is 5. The first-order chi connectivity index (χ1) is 8.39. The van der Waals surface area contributed by atoms with Crippen LogP contribution >= 0.6 is 11.6 Å². The van der Waals surface area contributed by atoms with Crippen LogP contribution in [0.2, 0.25) is 0 Å². The molecule has 98 valence electrons. The lowest BCUT2D eigenvalue weighted by Crippen LogP contribution is -2.39. The number of aryl methyl sites for hydroxylation is 1. The normalized spacial score (nSPS) is 11.3. The molecule has 0 aliphatic carbocycles. The van der Waals surface area contributed by atoms with Crippen LogP contribution in [0.3, 0.4) is 0 Å². The Morgan fingerprint density at radius 3 is 2.11 bits per heavy atom. The summed E-state index contributed by atoms with van der Waals surface area (Å²) in [5.41, 5.74) is 1.76. The van der Waals surface area contributed by atoms with Gasteiger partial charge in [0.15, 0.2) is 0 Å². The van der Waals surface area contributed by atoms with E-state index in [1.807, 2.05) is 19.9 Å². The van der Waals surface area contributed by atoms with Crippen molar-refractivity contribution < 1.29 is 19.8 Å². The molecule has 1 aromatic carbocycles. The maximum absolute atomic E-state index is 11.2. The minimum Gasteiger partial charge on any atom is -0.479 e. The van der Waals surface area contributed by atoms with Crippen molar-refractivity contribution in [2.45, 2.75) is 31.6 Å². The van der Waals surface area contributed by atoms with E-state index in [-0.39, 0.29) is 5.56 Å². The Morgan fingerprint density at radius 2 is 1.72 bits per heavy atom. The lowest BCUT2D eigenvalue weighted by atomic mass is 9.88. The average molecular weight is 271 g/mol. The first kappa shape index (κ1) is 14.5. The predicted octanol–water partition coefficient (Wildman–Crippen LogP) is 2.41. The smallest absolute Gasteiger partial charge is 0.341 e. The monoisotopic (exact) mass is 270 g/mol. The highest BCUT2D eigenvalue weighted by atomic mass is 35.5. The first-order valence-corrected chi connectivity index (χ1v) is 6.04. The van der Waals surface area contributed by atoms with Crippen molar-refractivity contribution >= 4 is 23.5 Å². The van der Waals surface area contributed by atoms with Gasteiger partial charge in [-0.05, 0) is 29.5 Å². The molecule has 2 N–H and O–H groups in total. The molecule has 0 unspecified atom stereocenters. The number of alkyl halides is 1. The molecule has 1 aromatic rings. The summed E-state index contributed by atoms with van der Waals surface area (Å²) in [7, 11) is 0. The second kappa shape index (κ2) is 5.40. The van der Waals surface area contributed by atoms with Gasteiger partial charge in [-0.2, -0.15) is 0 Å². The van der Waals surface area contributed by atoms with E-state index in [4.69, 9.17) is 21.8 Å². The number of benzene rings is 1. The molecule has 18 heavy (non-hydrogen) atoms. The van der Waals surface area contributed by atoms with Crippen LogP contribution in [0.15, 0.2) is 18.2 Å². The number of hydrogen-bond donors (Lipinski definition) is 2. The molecule has 1 rings (SSSR count). The minimum absolute atomic E-state index is 0.144. The molecule has 0 aromatic heterocycles. The van der Waals surface area contributed by atoms with Crippen molar-refractivity contribution in [3.63, 3.8) is 0 Å². The third-order valence-electron chi connectivity index (χ3n) is 2.97. The van der Waals surface area contributed by atoms with Crippen LogP contribution in [0, 0.1) is 0 Å². The van der Waals surface area contributed by atoms with Gasteiger partial charge in [0, 0.05) is 0 Å². The summed E-state index contributed by atoms with van der Waals surface area (Å²) >= 11 is 5.85. The Bertz CT molecular complexity index is 468. The highest BCUT2D eigenvalue weighted by Crippen LogP contribution is 2.34. The summed E-state index contributed by atoms with van der Waals surface area (Å²) in [5.74, 6) is -3.14. The zero-order valence-electron chi connectivity index (χ0n) is 10.2. The topological polar surface area (TPSA) is 74.6 Å². The molecule has 0 saturated carbocycles. The Kier molecular flexibility index (Phi) is 4.35. The zero-order chi connectivity index (χ0) is 13.9. The molecule has 0 fully saturated rings. The van der Waals surface area contributed by atoms with Crippen molar-refractivity contribution in [1.29, 1.82) is 0 Å². The van der Waals surface area contributed by atoms with Crippen molar-refractivity contribution in [2.75, 3.05) is 0 Å². The molecular weight excluding hydrogens is 256 g/mol. The van der Waals surface area contributed by atoms with Crippen LogP contribution in [-0.2, 0) is 27.3 Å². The van der Waals surface area contributed by atoms with Gasteiger partial charge in [0.05, 0.1) is 0 Å². The van der Waals surface area contributed by atoms with Crippen molar-refractivity contribution in [3.05, 3.63) is 34.9 Å². The van der Waals surface area contributed by atoms with E-state index in [0.29, 0.717) is 18.4 Å². The fraction of sp³-hybridized carbons (Fsp3) is 0.385. The second-order valence-corrected chi connectivity index (χ2v) is 4.49. The third-order valence-corrected chi connectivity index (χ3v) is 3.49. The van der Waals surface area contributed by atoms with Gasteiger partial charge in [-0.1, -0.05) is 43.6 Å². The molecule has 0 aliphatic rings. The molecule has 0 atom stereocenters.